The van der Waals surface area contributed by atoms with Crippen LogP contribution >= 0.6 is 0 Å². The van der Waals surface area contributed by atoms with E-state index in [4.69, 9.17) is 5.73 Å². The molecule has 0 radical (unpaired) electrons. The van der Waals surface area contributed by atoms with Crippen molar-refractivity contribution in [3.8, 4) is 0 Å². The largest absolute Gasteiger partial charge is 0.321 e. The molecule has 0 aromatic heterocycles. The van der Waals surface area contributed by atoms with Crippen LogP contribution in [0.4, 0.5) is 4.39 Å². The molecule has 0 spiro atoms. The number of halogens is 1. The normalized spacial score (nSPS) is 19.8. The molecule has 0 bridgehead atoms. The van der Waals surface area contributed by atoms with Crippen LogP contribution in [-0.2, 0) is 5.54 Å². The molecule has 2 rings (SSSR count). The second-order valence-electron chi connectivity index (χ2n) is 5.12. The van der Waals surface area contributed by atoms with Crippen molar-refractivity contribution in [2.75, 3.05) is 0 Å². The Bertz CT molecular complexity index is 369. The van der Waals surface area contributed by atoms with Crippen LogP contribution in [0.15, 0.2) is 12.1 Å². The third-order valence-corrected chi connectivity index (χ3v) is 3.92. The lowest BCUT2D eigenvalue weighted by Crippen LogP contribution is -2.38. The summed E-state index contributed by atoms with van der Waals surface area (Å²) in [6.07, 6.45) is 5.53. The average Bonchev–Trinajstić information content (AvgIpc) is 2.26. The van der Waals surface area contributed by atoms with Crippen molar-refractivity contribution in [1.82, 2.24) is 0 Å². The molecule has 1 saturated carbocycles. The molecule has 0 atom stereocenters. The predicted molar refractivity (Wildman–Crippen MR) is 64.8 cm³/mol. The summed E-state index contributed by atoms with van der Waals surface area (Å²) in [4.78, 5) is 0. The third-order valence-electron chi connectivity index (χ3n) is 3.92. The number of hydrogen-bond donors (Lipinski definition) is 1. The summed E-state index contributed by atoms with van der Waals surface area (Å²) in [5.41, 5.74) is 8.83. The minimum Gasteiger partial charge on any atom is -0.321 e. The van der Waals surface area contributed by atoms with E-state index in [-0.39, 0.29) is 11.4 Å². The van der Waals surface area contributed by atoms with Crippen LogP contribution < -0.4 is 5.73 Å². The molecule has 88 valence electrons. The van der Waals surface area contributed by atoms with Crippen LogP contribution in [0, 0.1) is 19.7 Å². The Balaban J connectivity index is 2.39. The molecular formula is C14H20FN. The molecule has 1 fully saturated rings. The Morgan fingerprint density at radius 2 is 1.75 bits per heavy atom. The number of aryl methyl sites for hydroxylation is 1. The van der Waals surface area contributed by atoms with Crippen molar-refractivity contribution in [2.24, 2.45) is 5.73 Å². The van der Waals surface area contributed by atoms with E-state index in [0.29, 0.717) is 0 Å². The average molecular weight is 221 g/mol. The van der Waals surface area contributed by atoms with Gasteiger partial charge in [0, 0.05) is 5.54 Å². The van der Waals surface area contributed by atoms with Crippen LogP contribution in [0.25, 0.3) is 0 Å². The lowest BCUT2D eigenvalue weighted by atomic mass is 9.77. The summed E-state index contributed by atoms with van der Waals surface area (Å²) in [5, 5.41) is 0. The van der Waals surface area contributed by atoms with Gasteiger partial charge >= 0.3 is 0 Å². The van der Waals surface area contributed by atoms with Crippen LogP contribution in [0.5, 0.6) is 0 Å². The molecule has 0 saturated heterocycles. The molecule has 1 aromatic carbocycles. The first-order valence-electron chi connectivity index (χ1n) is 6.09. The number of rotatable bonds is 1. The van der Waals surface area contributed by atoms with E-state index < -0.39 is 0 Å². The van der Waals surface area contributed by atoms with Gasteiger partial charge in [0.05, 0.1) is 0 Å². The first-order chi connectivity index (χ1) is 7.53. The first kappa shape index (κ1) is 11.6. The molecule has 1 aromatic rings. The maximum absolute atomic E-state index is 13.7. The summed E-state index contributed by atoms with van der Waals surface area (Å²) >= 11 is 0. The monoisotopic (exact) mass is 221 g/mol. The summed E-state index contributed by atoms with van der Waals surface area (Å²) in [6.45, 7) is 3.77. The second-order valence-corrected chi connectivity index (χ2v) is 5.12. The van der Waals surface area contributed by atoms with Crippen LogP contribution in [0.1, 0.15) is 48.8 Å². The molecule has 2 N–H and O–H groups in total. The third kappa shape index (κ3) is 1.99. The number of nitrogens with two attached hydrogens (primary N) is 1. The minimum absolute atomic E-state index is 0.120. The van der Waals surface area contributed by atoms with Gasteiger partial charge in [0.2, 0.25) is 0 Å². The molecule has 1 nitrogen and oxygen atoms in total. The Hall–Kier alpha value is -0.890. The van der Waals surface area contributed by atoms with Gasteiger partial charge in [-0.05, 0) is 49.4 Å². The summed E-state index contributed by atoms with van der Waals surface area (Å²) in [5.74, 6) is -0.120. The van der Waals surface area contributed by atoms with E-state index in [2.05, 4.69) is 6.07 Å². The highest BCUT2D eigenvalue weighted by Gasteiger charge is 2.30. The second kappa shape index (κ2) is 4.17. The fourth-order valence-corrected chi connectivity index (χ4v) is 2.58. The van der Waals surface area contributed by atoms with Gasteiger partial charge in [0.25, 0.3) is 0 Å². The van der Waals surface area contributed by atoms with E-state index in [1.54, 1.807) is 6.07 Å². The number of benzene rings is 1. The van der Waals surface area contributed by atoms with E-state index in [9.17, 15) is 4.39 Å². The molecule has 2 heteroatoms. The Kier molecular flexibility index (Phi) is 3.02. The molecule has 0 aliphatic heterocycles. The summed E-state index contributed by atoms with van der Waals surface area (Å²) < 4.78 is 13.7. The molecule has 0 unspecified atom stereocenters. The minimum atomic E-state index is -0.294. The van der Waals surface area contributed by atoms with Crippen LogP contribution in [0.2, 0.25) is 0 Å². The Morgan fingerprint density at radius 3 is 2.31 bits per heavy atom. The van der Waals surface area contributed by atoms with Crippen molar-refractivity contribution >= 4 is 0 Å². The highest BCUT2D eigenvalue weighted by atomic mass is 19.1. The quantitative estimate of drug-likeness (QED) is 0.771. The standard InChI is InChI=1S/C14H20FN/c1-10-8-12(9-13(15)11(10)2)14(16)6-4-3-5-7-14/h8-9H,3-7,16H2,1-2H3. The van der Waals surface area contributed by atoms with E-state index in [1.165, 1.54) is 6.42 Å². The number of hydrogen-bond acceptors (Lipinski definition) is 1. The van der Waals surface area contributed by atoms with Crippen molar-refractivity contribution in [2.45, 2.75) is 51.5 Å². The van der Waals surface area contributed by atoms with Gasteiger partial charge in [-0.3, -0.25) is 0 Å². The van der Waals surface area contributed by atoms with Crippen molar-refractivity contribution in [3.05, 3.63) is 34.6 Å². The molecule has 1 aliphatic carbocycles. The zero-order valence-electron chi connectivity index (χ0n) is 10.1. The molecule has 16 heavy (non-hydrogen) atoms. The van der Waals surface area contributed by atoms with Crippen molar-refractivity contribution < 1.29 is 4.39 Å². The van der Waals surface area contributed by atoms with Gasteiger partial charge in [-0.15, -0.1) is 0 Å². The molecule has 1 aliphatic rings. The Morgan fingerprint density at radius 1 is 1.12 bits per heavy atom. The van der Waals surface area contributed by atoms with Gasteiger partial charge in [0.1, 0.15) is 5.82 Å². The molecular weight excluding hydrogens is 201 g/mol. The molecule has 0 heterocycles. The lowest BCUT2D eigenvalue weighted by Gasteiger charge is -2.34. The maximum atomic E-state index is 13.7. The highest BCUT2D eigenvalue weighted by Crippen LogP contribution is 2.35. The zero-order valence-corrected chi connectivity index (χ0v) is 10.1. The van der Waals surface area contributed by atoms with E-state index in [1.807, 2.05) is 13.8 Å². The van der Waals surface area contributed by atoms with Crippen LogP contribution in [-0.4, -0.2) is 0 Å². The zero-order chi connectivity index (χ0) is 11.8. The van der Waals surface area contributed by atoms with E-state index >= 15 is 0 Å². The smallest absolute Gasteiger partial charge is 0.126 e. The maximum Gasteiger partial charge on any atom is 0.126 e. The van der Waals surface area contributed by atoms with Gasteiger partial charge in [0.15, 0.2) is 0 Å². The topological polar surface area (TPSA) is 26.0 Å². The first-order valence-corrected chi connectivity index (χ1v) is 6.09. The van der Waals surface area contributed by atoms with E-state index in [0.717, 1.165) is 42.4 Å². The highest BCUT2D eigenvalue weighted by molar-refractivity contribution is 5.35. The van der Waals surface area contributed by atoms with Crippen LogP contribution in [0.3, 0.4) is 0 Å². The summed E-state index contributed by atoms with van der Waals surface area (Å²) in [6, 6.07) is 3.69. The molecule has 0 amide bonds. The fraction of sp³-hybridized carbons (Fsp3) is 0.571. The Labute approximate surface area is 96.9 Å². The fourth-order valence-electron chi connectivity index (χ4n) is 2.58. The van der Waals surface area contributed by atoms with Gasteiger partial charge in [-0.25, -0.2) is 4.39 Å². The SMILES string of the molecule is Cc1cc(C2(N)CCCCC2)cc(F)c1C. The summed E-state index contributed by atoms with van der Waals surface area (Å²) in [7, 11) is 0. The van der Waals surface area contributed by atoms with Crippen molar-refractivity contribution in [3.63, 3.8) is 0 Å². The predicted octanol–water partition coefficient (Wildman–Crippen LogP) is 3.56. The van der Waals surface area contributed by atoms with Gasteiger partial charge < -0.3 is 5.73 Å². The van der Waals surface area contributed by atoms with Gasteiger partial charge in [-0.2, -0.15) is 0 Å². The van der Waals surface area contributed by atoms with Crippen molar-refractivity contribution in [1.29, 1.82) is 0 Å². The lowest BCUT2D eigenvalue weighted by molar-refractivity contribution is 0.301. The van der Waals surface area contributed by atoms with Gasteiger partial charge in [-0.1, -0.05) is 25.3 Å².